The van der Waals surface area contributed by atoms with E-state index in [2.05, 4.69) is 10.2 Å². The lowest BCUT2D eigenvalue weighted by Crippen LogP contribution is -2.43. The third-order valence-corrected chi connectivity index (χ3v) is 10.4. The molecule has 224 valence electrons. The van der Waals surface area contributed by atoms with E-state index in [0.29, 0.717) is 47.1 Å². The molecule has 8 rings (SSSR count). The first-order chi connectivity index (χ1) is 20.8. The van der Waals surface area contributed by atoms with Gasteiger partial charge in [0.05, 0.1) is 11.1 Å². The number of halogens is 2. The molecule has 0 radical (unpaired) electrons. The maximum absolute atomic E-state index is 15.1. The van der Waals surface area contributed by atoms with Crippen molar-refractivity contribution in [2.45, 2.75) is 69.6 Å². The summed E-state index contributed by atoms with van der Waals surface area (Å²) in [7, 11) is 0. The summed E-state index contributed by atoms with van der Waals surface area (Å²) in [4.78, 5) is 25.3. The van der Waals surface area contributed by atoms with Crippen LogP contribution in [0.5, 0.6) is 11.8 Å². The fourth-order valence-corrected chi connectivity index (χ4v) is 8.45. The fourth-order valence-electron chi connectivity index (χ4n) is 8.45. The van der Waals surface area contributed by atoms with Crippen LogP contribution in [0.15, 0.2) is 39.5 Å². The topological polar surface area (TPSA) is 101 Å². The van der Waals surface area contributed by atoms with Crippen LogP contribution in [0, 0.1) is 24.6 Å². The monoisotopic (exact) mass is 588 g/mol. The number of phenolic OH excluding ortho intramolecular Hbond substituents is 1. The standard InChI is InChI=1S/C33H34F2N4O4/c1-17-28-27(31(41)43-29(17)23-13-22(40)12-20-4-2-5-24(35)26(20)23)30(36-25-11-18-6-7-19(25)10-18)38-32(37-28)42-16-33-8-3-9-39(33)15-21(34)14-33/h2,4-5,12-13,18-19,21,25,40H,3,6-11,14-16H2,1H3,(H,36,37,38)/t18?,19?,21-,25?,33+/m1/s1. The van der Waals surface area contributed by atoms with Crippen molar-refractivity contribution in [2.24, 2.45) is 11.8 Å². The van der Waals surface area contributed by atoms with Crippen molar-refractivity contribution in [2.75, 3.05) is 25.0 Å². The van der Waals surface area contributed by atoms with Gasteiger partial charge in [-0.3, -0.25) is 4.90 Å². The van der Waals surface area contributed by atoms with E-state index in [-0.39, 0.29) is 52.0 Å². The molecule has 0 spiro atoms. The van der Waals surface area contributed by atoms with Crippen molar-refractivity contribution >= 4 is 27.5 Å². The number of hydrogen-bond acceptors (Lipinski definition) is 8. The number of nitrogens with one attached hydrogen (secondary N) is 1. The van der Waals surface area contributed by atoms with E-state index in [1.807, 2.05) is 0 Å². The Hall–Kier alpha value is -3.79. The quantitative estimate of drug-likeness (QED) is 0.278. The van der Waals surface area contributed by atoms with Crippen LogP contribution >= 0.6 is 0 Å². The van der Waals surface area contributed by atoms with Gasteiger partial charge in [-0.1, -0.05) is 18.6 Å². The number of benzene rings is 2. The highest BCUT2D eigenvalue weighted by Gasteiger charge is 2.49. The minimum atomic E-state index is -0.886. The number of hydrogen-bond donors (Lipinski definition) is 2. The molecule has 5 atom stereocenters. The molecule has 2 N–H and O–H groups in total. The van der Waals surface area contributed by atoms with Gasteiger partial charge in [-0.2, -0.15) is 9.97 Å². The van der Waals surface area contributed by atoms with Crippen molar-refractivity contribution in [3.63, 3.8) is 0 Å². The van der Waals surface area contributed by atoms with Crippen molar-refractivity contribution in [3.8, 4) is 23.1 Å². The maximum Gasteiger partial charge on any atom is 0.349 e. The number of anilines is 1. The molecule has 10 heteroatoms. The number of phenols is 1. The number of aromatic nitrogens is 2. The van der Waals surface area contributed by atoms with E-state index in [1.165, 1.54) is 31.0 Å². The van der Waals surface area contributed by atoms with Crippen LogP contribution in [0.3, 0.4) is 0 Å². The maximum atomic E-state index is 15.1. The minimum Gasteiger partial charge on any atom is -0.508 e. The normalized spacial score (nSPS) is 28.3. The highest BCUT2D eigenvalue weighted by Crippen LogP contribution is 2.46. The van der Waals surface area contributed by atoms with Crippen LogP contribution in [0.2, 0.25) is 0 Å². The molecule has 2 aromatic heterocycles. The first kappa shape index (κ1) is 26.8. The number of fused-ring (bicyclic) bond motifs is 5. The van der Waals surface area contributed by atoms with E-state index in [1.54, 1.807) is 19.1 Å². The van der Waals surface area contributed by atoms with Gasteiger partial charge in [-0.15, -0.1) is 0 Å². The molecule has 2 aliphatic carbocycles. The molecule has 4 aromatic rings. The van der Waals surface area contributed by atoms with Gasteiger partial charge >= 0.3 is 11.6 Å². The molecule has 0 amide bonds. The van der Waals surface area contributed by atoms with Gasteiger partial charge in [0.15, 0.2) is 0 Å². The summed E-state index contributed by atoms with van der Waals surface area (Å²) >= 11 is 0. The first-order valence-electron chi connectivity index (χ1n) is 15.3. The minimum absolute atomic E-state index is 0.0799. The average Bonchev–Trinajstić information content (AvgIpc) is 3.74. The van der Waals surface area contributed by atoms with Gasteiger partial charge in [-0.05, 0) is 81.0 Å². The zero-order chi connectivity index (χ0) is 29.5. The molecule has 2 bridgehead atoms. The molecule has 8 nitrogen and oxygen atoms in total. The zero-order valence-electron chi connectivity index (χ0n) is 24.0. The molecule has 4 aliphatic rings. The van der Waals surface area contributed by atoms with Crippen molar-refractivity contribution in [1.29, 1.82) is 0 Å². The van der Waals surface area contributed by atoms with E-state index < -0.39 is 17.6 Å². The predicted molar refractivity (Wildman–Crippen MR) is 159 cm³/mol. The molecule has 4 fully saturated rings. The van der Waals surface area contributed by atoms with E-state index in [4.69, 9.17) is 19.1 Å². The molecule has 43 heavy (non-hydrogen) atoms. The van der Waals surface area contributed by atoms with Crippen LogP contribution in [-0.2, 0) is 0 Å². The first-order valence-corrected chi connectivity index (χ1v) is 15.3. The SMILES string of the molecule is Cc1c(-c2cc(O)cc3cccc(F)c23)oc(=O)c2c(NC3CC4CCC3C4)nc(OC[C@@]34CCCN3C[C@H](F)C4)nc12. The molecule has 3 unspecified atom stereocenters. The Balaban J connectivity index is 1.26. The zero-order valence-corrected chi connectivity index (χ0v) is 24.0. The van der Waals surface area contributed by atoms with Crippen molar-refractivity contribution < 1.29 is 23.0 Å². The molecule has 4 heterocycles. The third-order valence-electron chi connectivity index (χ3n) is 10.4. The Bertz CT molecular complexity index is 1830. The van der Waals surface area contributed by atoms with Crippen LogP contribution < -0.4 is 15.7 Å². The van der Waals surface area contributed by atoms with E-state index in [9.17, 15) is 14.3 Å². The Morgan fingerprint density at radius 1 is 1.21 bits per heavy atom. The second kappa shape index (κ2) is 9.87. The molecular formula is C33H34F2N4O4. The number of ether oxygens (including phenoxy) is 1. The smallest absolute Gasteiger partial charge is 0.349 e. The number of aryl methyl sites for hydroxylation is 1. The van der Waals surface area contributed by atoms with Gasteiger partial charge in [0, 0.05) is 35.5 Å². The lowest BCUT2D eigenvalue weighted by Gasteiger charge is -2.31. The molecule has 2 aromatic carbocycles. The van der Waals surface area contributed by atoms with Gasteiger partial charge < -0.3 is 19.6 Å². The highest BCUT2D eigenvalue weighted by atomic mass is 19.1. The van der Waals surface area contributed by atoms with E-state index in [0.717, 1.165) is 32.2 Å². The Kier molecular flexibility index (Phi) is 6.15. The summed E-state index contributed by atoms with van der Waals surface area (Å²) < 4.78 is 41.7. The average molecular weight is 589 g/mol. The highest BCUT2D eigenvalue weighted by molar-refractivity contribution is 6.00. The van der Waals surface area contributed by atoms with Gasteiger partial charge in [0.1, 0.15) is 41.3 Å². The Morgan fingerprint density at radius 3 is 2.91 bits per heavy atom. The molecular weight excluding hydrogens is 554 g/mol. The summed E-state index contributed by atoms with van der Waals surface area (Å²) in [6.45, 7) is 3.27. The number of alkyl halides is 1. The van der Waals surface area contributed by atoms with E-state index >= 15 is 4.39 Å². The fraction of sp³-hybridized carbons (Fsp3) is 0.485. The lowest BCUT2D eigenvalue weighted by molar-refractivity contribution is 0.107. The van der Waals surface area contributed by atoms with Crippen molar-refractivity contribution in [1.82, 2.24) is 14.9 Å². The third kappa shape index (κ3) is 4.36. The second-order valence-electron chi connectivity index (χ2n) is 13.0. The van der Waals surface area contributed by atoms with Gasteiger partial charge in [-0.25, -0.2) is 13.6 Å². The van der Waals surface area contributed by atoms with Crippen molar-refractivity contribution in [3.05, 3.63) is 52.1 Å². The van der Waals surface area contributed by atoms with Gasteiger partial charge in [0.2, 0.25) is 0 Å². The van der Waals surface area contributed by atoms with Crippen LogP contribution in [0.4, 0.5) is 14.6 Å². The van der Waals surface area contributed by atoms with Crippen LogP contribution in [0.1, 0.15) is 50.5 Å². The van der Waals surface area contributed by atoms with Crippen LogP contribution in [-0.4, -0.2) is 57.4 Å². The predicted octanol–water partition coefficient (Wildman–Crippen LogP) is 6.11. The number of nitrogens with zero attached hydrogens (tertiary/aromatic N) is 3. The lowest BCUT2D eigenvalue weighted by atomic mass is 9.95. The Morgan fingerprint density at radius 2 is 2.09 bits per heavy atom. The molecule has 2 aliphatic heterocycles. The van der Waals surface area contributed by atoms with Gasteiger partial charge in [0.25, 0.3) is 0 Å². The summed E-state index contributed by atoms with van der Waals surface area (Å²) in [6, 6.07) is 7.75. The second-order valence-corrected chi connectivity index (χ2v) is 13.0. The largest absolute Gasteiger partial charge is 0.508 e. The number of aromatic hydroxyl groups is 1. The number of rotatable bonds is 6. The molecule has 2 saturated heterocycles. The summed E-state index contributed by atoms with van der Waals surface area (Å²) in [5.41, 5.74) is 0.0544. The Labute approximate surface area is 247 Å². The summed E-state index contributed by atoms with van der Waals surface area (Å²) in [5, 5.41) is 15.0. The summed E-state index contributed by atoms with van der Waals surface area (Å²) in [5.74, 6) is 1.10. The summed E-state index contributed by atoms with van der Waals surface area (Å²) in [6.07, 6.45) is 5.92. The molecule has 2 saturated carbocycles. The van der Waals surface area contributed by atoms with Crippen LogP contribution in [0.25, 0.3) is 33.0 Å².